The number of fused-ring (bicyclic) bond motifs is 1. The van der Waals surface area contributed by atoms with Crippen molar-refractivity contribution >= 4 is 28.8 Å². The molecule has 30 heavy (non-hydrogen) atoms. The number of alkyl carbamates (subject to hydrolysis) is 1. The first kappa shape index (κ1) is 23.0. The second-order valence-electron chi connectivity index (χ2n) is 6.62. The third-order valence-corrected chi connectivity index (χ3v) is 4.34. The minimum Gasteiger partial charge on any atom is -0.493 e. The van der Waals surface area contributed by atoms with Crippen molar-refractivity contribution in [2.24, 2.45) is 0 Å². The first-order chi connectivity index (χ1) is 14.4. The Morgan fingerprint density at radius 2 is 1.87 bits per heavy atom. The molecule has 1 heterocycles. The summed E-state index contributed by atoms with van der Waals surface area (Å²) in [5.41, 5.74) is 1.26. The van der Waals surface area contributed by atoms with Crippen LogP contribution < -0.4 is 25.6 Å². The molecule has 0 fully saturated rings. The van der Waals surface area contributed by atoms with Gasteiger partial charge in [0.15, 0.2) is 22.8 Å². The van der Waals surface area contributed by atoms with Gasteiger partial charge in [-0.05, 0) is 26.2 Å². The maximum absolute atomic E-state index is 11.4. The summed E-state index contributed by atoms with van der Waals surface area (Å²) in [5, 5.41) is 22.4. The number of aromatic nitrogens is 2. The highest BCUT2D eigenvalue weighted by Crippen LogP contribution is 2.31. The lowest BCUT2D eigenvalue weighted by atomic mass is 10.2. The third kappa shape index (κ3) is 5.62. The average molecular weight is 423 g/mol. The number of hydrogen-bond acceptors (Lipinski definition) is 8. The van der Waals surface area contributed by atoms with E-state index in [1.54, 1.807) is 26.2 Å². The van der Waals surface area contributed by atoms with Gasteiger partial charge in [-0.1, -0.05) is 6.92 Å². The van der Waals surface area contributed by atoms with Gasteiger partial charge >= 0.3 is 6.09 Å². The van der Waals surface area contributed by atoms with Crippen LogP contribution in [0.3, 0.4) is 0 Å². The Hall–Kier alpha value is -3.30. The van der Waals surface area contributed by atoms with Crippen molar-refractivity contribution in [1.29, 1.82) is 10.8 Å². The van der Waals surface area contributed by atoms with Crippen LogP contribution in [0.5, 0.6) is 11.5 Å². The summed E-state index contributed by atoms with van der Waals surface area (Å²) in [4.78, 5) is 15.9. The molecule has 0 atom stereocenters. The Bertz CT molecular complexity index is 967. The molecule has 2 rings (SSSR count). The molecule has 10 heteroatoms. The summed E-state index contributed by atoms with van der Waals surface area (Å²) in [7, 11) is 3.08. The van der Waals surface area contributed by atoms with Crippen molar-refractivity contribution in [2.75, 3.05) is 39.2 Å². The summed E-state index contributed by atoms with van der Waals surface area (Å²) >= 11 is 0. The summed E-state index contributed by atoms with van der Waals surface area (Å²) in [6.07, 6.45) is 1.91. The van der Waals surface area contributed by atoms with Crippen molar-refractivity contribution in [2.45, 2.75) is 33.1 Å². The van der Waals surface area contributed by atoms with Crippen molar-refractivity contribution < 1.29 is 21.9 Å². The number of nitrogens with zero attached hydrogens (tertiary/aromatic N) is 2. The zero-order valence-electron chi connectivity index (χ0n) is 17.9. The van der Waals surface area contributed by atoms with E-state index in [1.165, 1.54) is 11.7 Å². The highest BCUT2D eigenvalue weighted by atomic mass is 16.5. The van der Waals surface area contributed by atoms with E-state index in [0.717, 1.165) is 19.3 Å². The minimum atomic E-state index is -0.402. The molecule has 4 N–H and O–H groups in total. The SMILES string of the molecule is CCCOC(=O)NCCCCNc1nc2cc(OC)c(OC)cc2n(C(C)=N)c1=N.[HH].[HH]. The van der Waals surface area contributed by atoms with Gasteiger partial charge in [0.1, 0.15) is 5.84 Å². The van der Waals surface area contributed by atoms with Gasteiger partial charge in [0.05, 0.1) is 31.9 Å². The Kier molecular flexibility index (Phi) is 8.45. The molecule has 1 amide bonds. The van der Waals surface area contributed by atoms with Gasteiger partial charge in [0.25, 0.3) is 0 Å². The van der Waals surface area contributed by atoms with Gasteiger partial charge in [0.2, 0.25) is 0 Å². The van der Waals surface area contributed by atoms with Crippen LogP contribution in [0.1, 0.15) is 36.0 Å². The molecule has 2 aromatic rings. The summed E-state index contributed by atoms with van der Waals surface area (Å²) in [5.74, 6) is 1.59. The molecule has 0 spiro atoms. The molecule has 0 saturated heterocycles. The number of amides is 1. The van der Waals surface area contributed by atoms with E-state index in [2.05, 4.69) is 15.6 Å². The lowest BCUT2D eigenvalue weighted by Gasteiger charge is -2.16. The monoisotopic (exact) mass is 422 g/mol. The fraction of sp³-hybridized carbons (Fsp3) is 0.500. The molecular weight excluding hydrogens is 388 g/mol. The Labute approximate surface area is 178 Å². The van der Waals surface area contributed by atoms with E-state index in [9.17, 15) is 4.79 Å². The minimum absolute atomic E-state index is 0. The molecule has 10 nitrogen and oxygen atoms in total. The number of methoxy groups -OCH3 is 2. The van der Waals surface area contributed by atoms with E-state index in [1.807, 2.05) is 6.92 Å². The molecule has 0 aliphatic carbocycles. The summed E-state index contributed by atoms with van der Waals surface area (Å²) in [6.45, 7) is 5.05. The first-order valence-corrected chi connectivity index (χ1v) is 9.86. The van der Waals surface area contributed by atoms with Crippen LogP contribution in [0.25, 0.3) is 11.0 Å². The van der Waals surface area contributed by atoms with Gasteiger partial charge in [-0.2, -0.15) is 0 Å². The molecule has 0 bridgehead atoms. The van der Waals surface area contributed by atoms with Crippen molar-refractivity contribution in [3.05, 3.63) is 17.6 Å². The maximum Gasteiger partial charge on any atom is 0.407 e. The Morgan fingerprint density at radius 3 is 2.50 bits per heavy atom. The van der Waals surface area contributed by atoms with Crippen LogP contribution in [0.2, 0.25) is 0 Å². The molecule has 0 aliphatic heterocycles. The smallest absolute Gasteiger partial charge is 0.407 e. The van der Waals surface area contributed by atoms with E-state index in [4.69, 9.17) is 25.0 Å². The zero-order valence-corrected chi connectivity index (χ0v) is 17.9. The van der Waals surface area contributed by atoms with E-state index in [0.29, 0.717) is 48.0 Å². The quantitative estimate of drug-likeness (QED) is 0.264. The largest absolute Gasteiger partial charge is 0.493 e. The summed E-state index contributed by atoms with van der Waals surface area (Å²) in [6, 6.07) is 3.44. The first-order valence-electron chi connectivity index (χ1n) is 9.86. The number of unbranched alkanes of at least 4 members (excludes halogenated alkanes) is 1. The van der Waals surface area contributed by atoms with Crippen LogP contribution in [0.4, 0.5) is 10.6 Å². The van der Waals surface area contributed by atoms with Crippen molar-refractivity contribution in [3.63, 3.8) is 0 Å². The van der Waals surface area contributed by atoms with E-state index >= 15 is 0 Å². The Morgan fingerprint density at radius 1 is 1.20 bits per heavy atom. The average Bonchev–Trinajstić information content (AvgIpc) is 2.73. The van der Waals surface area contributed by atoms with Crippen LogP contribution >= 0.6 is 0 Å². The van der Waals surface area contributed by atoms with Crippen molar-refractivity contribution in [1.82, 2.24) is 14.9 Å². The number of anilines is 1. The maximum atomic E-state index is 11.4. The summed E-state index contributed by atoms with van der Waals surface area (Å²) < 4.78 is 17.1. The standard InChI is InChI=1S/C20H30N6O4.2H2/c1-5-10-30-20(27)24-9-7-6-8-23-19-18(22)26(13(2)21)15-12-17(29-4)16(28-3)11-14(15)25-19;;/h11-12,21-22H,5-10H2,1-4H3,(H,23,25)(H,24,27);2*1H. The van der Waals surface area contributed by atoms with Gasteiger partial charge in [0, 0.05) is 28.1 Å². The van der Waals surface area contributed by atoms with Gasteiger partial charge in [-0.3, -0.25) is 15.4 Å². The zero-order chi connectivity index (χ0) is 22.1. The number of carbonyl (C=O) groups excluding carboxylic acids is 1. The Balaban J connectivity index is 0.00000480. The topological polar surface area (TPSA) is 134 Å². The number of carbonyl (C=O) groups is 1. The molecule has 1 aromatic carbocycles. The molecule has 168 valence electrons. The van der Waals surface area contributed by atoms with Crippen LogP contribution in [0, 0.1) is 10.8 Å². The van der Waals surface area contributed by atoms with Crippen LogP contribution in [0.15, 0.2) is 12.1 Å². The van der Waals surface area contributed by atoms with E-state index in [-0.39, 0.29) is 14.2 Å². The van der Waals surface area contributed by atoms with E-state index < -0.39 is 6.09 Å². The predicted octanol–water partition coefficient (Wildman–Crippen LogP) is 3.20. The second-order valence-corrected chi connectivity index (χ2v) is 6.62. The normalized spacial score (nSPS) is 10.5. The second kappa shape index (κ2) is 11.0. The predicted molar refractivity (Wildman–Crippen MR) is 119 cm³/mol. The lowest BCUT2D eigenvalue weighted by Crippen LogP contribution is -2.29. The van der Waals surface area contributed by atoms with Gasteiger partial charge < -0.3 is 24.8 Å². The lowest BCUT2D eigenvalue weighted by molar-refractivity contribution is 0.146. The molecular formula is C20H34N6O4. The van der Waals surface area contributed by atoms with Gasteiger partial charge in [-0.15, -0.1) is 0 Å². The fourth-order valence-electron chi connectivity index (χ4n) is 2.89. The highest BCUT2D eigenvalue weighted by molar-refractivity contribution is 5.92. The number of rotatable bonds is 10. The molecule has 0 aliphatic rings. The number of hydrogen-bond donors (Lipinski definition) is 4. The molecule has 0 radical (unpaired) electrons. The number of ether oxygens (including phenoxy) is 3. The highest BCUT2D eigenvalue weighted by Gasteiger charge is 2.14. The number of nitrogens with one attached hydrogen (secondary N) is 4. The molecule has 0 unspecified atom stereocenters. The van der Waals surface area contributed by atoms with Gasteiger partial charge in [-0.25, -0.2) is 9.78 Å². The molecule has 0 saturated carbocycles. The van der Waals surface area contributed by atoms with Crippen molar-refractivity contribution in [3.8, 4) is 11.5 Å². The molecule has 1 aromatic heterocycles. The fourth-order valence-corrected chi connectivity index (χ4v) is 2.89. The number of benzene rings is 1. The third-order valence-electron chi connectivity index (χ3n) is 4.34. The van der Waals surface area contributed by atoms with Crippen LogP contribution in [-0.2, 0) is 4.74 Å². The van der Waals surface area contributed by atoms with Crippen LogP contribution in [-0.4, -0.2) is 55.4 Å².